The predicted octanol–water partition coefficient (Wildman–Crippen LogP) is 10.4. The summed E-state index contributed by atoms with van der Waals surface area (Å²) in [7, 11) is 9.87. The molecule has 4 fully saturated rings. The molecule has 1 aromatic rings. The van der Waals surface area contributed by atoms with Crippen LogP contribution in [0.4, 0.5) is 0 Å². The zero-order valence-electron chi connectivity index (χ0n) is 22.7. The number of fused-ring (bicyclic) bond motifs is 2. The quantitative estimate of drug-likeness (QED) is 0.310. The maximum absolute atomic E-state index is 4.93. The molecule has 0 amide bonds. The molecule has 4 saturated carbocycles. The van der Waals surface area contributed by atoms with Crippen molar-refractivity contribution in [2.45, 2.75) is 91.4 Å². The Labute approximate surface area is 231 Å². The zero-order chi connectivity index (χ0) is 22.8. The third-order valence-electron chi connectivity index (χ3n) is 10.5. The topological polar surface area (TPSA) is 0 Å². The van der Waals surface area contributed by atoms with Crippen molar-refractivity contribution in [2.24, 2.45) is 53.3 Å². The van der Waals surface area contributed by atoms with Crippen LogP contribution in [0.25, 0.3) is 0 Å². The van der Waals surface area contributed by atoms with Gasteiger partial charge in [-0.25, -0.2) is 0 Å². The molecule has 10 unspecified atom stereocenters. The Morgan fingerprint density at radius 1 is 0.676 bits per heavy atom. The van der Waals surface area contributed by atoms with E-state index in [9.17, 15) is 0 Å². The molecular weight excluding hydrogens is 534 g/mol. The van der Waals surface area contributed by atoms with Gasteiger partial charge in [-0.15, -0.1) is 0 Å². The third-order valence-corrected chi connectivity index (χ3v) is 10.5. The van der Waals surface area contributed by atoms with Gasteiger partial charge in [-0.1, -0.05) is 77.6 Å². The van der Waals surface area contributed by atoms with Crippen LogP contribution in [0.2, 0.25) is 0 Å². The molecule has 0 spiro atoms. The minimum atomic E-state index is -0.826. The maximum atomic E-state index is 4.93. The van der Waals surface area contributed by atoms with Gasteiger partial charge in [-0.05, 0) is 102 Å². The van der Waals surface area contributed by atoms with Crippen LogP contribution in [0.3, 0.4) is 0 Å². The summed E-state index contributed by atoms with van der Waals surface area (Å²) in [6, 6.07) is 9.72. The van der Waals surface area contributed by atoms with Gasteiger partial charge in [0.2, 0.25) is 0 Å². The number of benzene rings is 1. The van der Waals surface area contributed by atoms with Crippen LogP contribution in [0, 0.1) is 68.1 Å². The molecule has 3 heteroatoms. The van der Waals surface area contributed by atoms with Crippen molar-refractivity contribution in [3.05, 3.63) is 50.2 Å². The molecule has 4 aliphatic rings. The Balaban J connectivity index is 0.000000778. The fraction of sp³-hybridized carbons (Fsp3) is 0.742. The average molecular weight is 585 g/mol. The molecule has 1 aromatic carbocycles. The Kier molecular flexibility index (Phi) is 12.7. The summed E-state index contributed by atoms with van der Waals surface area (Å²) in [6.07, 6.45) is 13.2. The summed E-state index contributed by atoms with van der Waals surface area (Å²) in [5.41, 5.74) is 3.50. The molecule has 4 aliphatic carbocycles. The molecule has 0 N–H and O–H groups in total. The van der Waals surface area contributed by atoms with E-state index in [0.717, 1.165) is 59.2 Å². The van der Waals surface area contributed by atoms with Gasteiger partial charge in [0.15, 0.2) is 0 Å². The fourth-order valence-electron chi connectivity index (χ4n) is 9.06. The van der Waals surface area contributed by atoms with Gasteiger partial charge < -0.3 is 14.9 Å². The Morgan fingerprint density at radius 2 is 1.18 bits per heavy atom. The molecule has 0 aromatic heterocycles. The van der Waals surface area contributed by atoms with Crippen LogP contribution in [0.15, 0.2) is 24.3 Å². The van der Waals surface area contributed by atoms with E-state index >= 15 is 0 Å². The van der Waals surface area contributed by atoms with E-state index in [1.807, 2.05) is 0 Å². The van der Waals surface area contributed by atoms with Gasteiger partial charge in [0, 0.05) is 0 Å². The second-order valence-corrected chi connectivity index (χ2v) is 15.8. The molecule has 0 saturated heterocycles. The van der Waals surface area contributed by atoms with E-state index in [-0.39, 0.29) is 14.9 Å². The van der Waals surface area contributed by atoms with E-state index < -0.39 is 20.8 Å². The van der Waals surface area contributed by atoms with Crippen LogP contribution < -0.4 is 0 Å². The molecule has 0 bridgehead atoms. The first-order valence-electron chi connectivity index (χ1n) is 13.5. The molecular formula is C31H50Cl2Zr. The average Bonchev–Trinajstić information content (AvgIpc) is 3.41. The third kappa shape index (κ3) is 6.38. The van der Waals surface area contributed by atoms with E-state index in [2.05, 4.69) is 52.0 Å². The standard InChI is InChI=1S/C29H44.2CH3.2ClH.Zr/c1-18-9-11-20(3)28-23(13-14-24(18)28)17-22-7-5-6-8-26(22)27-16-15-25-19(2)10-12-21(4)29(25)27;;;;;/h5-8,18-21,23-25,27-29H,9-17H2,1-4H3;2*1H3;2*1H;/q;2*-1;;;+4/p-2. The van der Waals surface area contributed by atoms with Crippen molar-refractivity contribution in [3.8, 4) is 0 Å². The molecule has 10 atom stereocenters. The minimum absolute atomic E-state index is 0. The molecule has 0 nitrogen and oxygen atoms in total. The normalized spacial score (nSPS) is 40.4. The van der Waals surface area contributed by atoms with E-state index in [4.69, 9.17) is 17.0 Å². The van der Waals surface area contributed by atoms with Crippen molar-refractivity contribution in [3.63, 3.8) is 0 Å². The zero-order valence-corrected chi connectivity index (χ0v) is 26.7. The number of halogens is 2. The van der Waals surface area contributed by atoms with Gasteiger partial charge >= 0.3 is 37.9 Å². The van der Waals surface area contributed by atoms with Crippen molar-refractivity contribution < 1.29 is 20.8 Å². The van der Waals surface area contributed by atoms with Gasteiger partial charge in [0.1, 0.15) is 0 Å². The van der Waals surface area contributed by atoms with Crippen LogP contribution in [-0.4, -0.2) is 0 Å². The fourth-order valence-corrected chi connectivity index (χ4v) is 9.06. The first kappa shape index (κ1) is 30.9. The van der Waals surface area contributed by atoms with Crippen LogP contribution in [0.1, 0.15) is 96.1 Å². The summed E-state index contributed by atoms with van der Waals surface area (Å²) in [5, 5.41) is 0. The molecule has 0 heterocycles. The Morgan fingerprint density at radius 3 is 1.82 bits per heavy atom. The van der Waals surface area contributed by atoms with E-state index in [1.165, 1.54) is 57.8 Å². The van der Waals surface area contributed by atoms with Crippen molar-refractivity contribution in [2.75, 3.05) is 0 Å². The van der Waals surface area contributed by atoms with Crippen LogP contribution >= 0.6 is 17.0 Å². The predicted molar refractivity (Wildman–Crippen MR) is 148 cm³/mol. The molecule has 34 heavy (non-hydrogen) atoms. The van der Waals surface area contributed by atoms with Gasteiger partial charge in [-0.3, -0.25) is 0 Å². The summed E-state index contributed by atoms with van der Waals surface area (Å²) >= 11 is -0.826. The monoisotopic (exact) mass is 582 g/mol. The summed E-state index contributed by atoms with van der Waals surface area (Å²) < 4.78 is 0. The van der Waals surface area contributed by atoms with Crippen LogP contribution in [0.5, 0.6) is 0 Å². The molecule has 5 rings (SSSR count). The van der Waals surface area contributed by atoms with E-state index in [1.54, 1.807) is 11.1 Å². The summed E-state index contributed by atoms with van der Waals surface area (Å²) in [5.74, 6) is 9.54. The molecule has 0 aliphatic heterocycles. The second-order valence-electron chi connectivity index (χ2n) is 12.0. The number of rotatable bonds is 3. The van der Waals surface area contributed by atoms with Crippen molar-refractivity contribution >= 4 is 17.0 Å². The first-order valence-corrected chi connectivity index (χ1v) is 19.8. The summed E-state index contributed by atoms with van der Waals surface area (Å²) in [6.45, 7) is 10.2. The molecule has 192 valence electrons. The van der Waals surface area contributed by atoms with Crippen molar-refractivity contribution in [1.82, 2.24) is 0 Å². The molecule has 0 radical (unpaired) electrons. The van der Waals surface area contributed by atoms with Crippen LogP contribution in [-0.2, 0) is 27.3 Å². The first-order chi connectivity index (χ1) is 15.5. The Hall–Kier alpha value is 0.683. The number of hydrogen-bond donors (Lipinski definition) is 0. The van der Waals surface area contributed by atoms with Gasteiger partial charge in [-0.2, -0.15) is 0 Å². The SMILES string of the molecule is CC1CCC(C)C2C(Cc3ccccc3C3CCC4C(C)CCC(C)C34)CCC12.[CH3-].[CH3-].[Cl][Zr+2][Cl]. The number of hydrogen-bond acceptors (Lipinski definition) is 0. The van der Waals surface area contributed by atoms with Gasteiger partial charge in [0.05, 0.1) is 0 Å². The van der Waals surface area contributed by atoms with Crippen molar-refractivity contribution in [1.29, 1.82) is 0 Å². The second kappa shape index (κ2) is 14.0. The van der Waals surface area contributed by atoms with E-state index in [0.29, 0.717) is 0 Å². The Bertz CT molecular complexity index is 736. The summed E-state index contributed by atoms with van der Waals surface area (Å²) in [4.78, 5) is 0. The van der Waals surface area contributed by atoms with Gasteiger partial charge in [0.25, 0.3) is 0 Å².